The number of rotatable bonds is 5. The molecule has 0 amide bonds. The summed E-state index contributed by atoms with van der Waals surface area (Å²) in [5, 5.41) is 10.5. The Balaban J connectivity index is 3.25. The second-order valence-corrected chi connectivity index (χ2v) is 6.41. The van der Waals surface area contributed by atoms with E-state index in [9.17, 15) is 18.5 Å². The zero-order valence-corrected chi connectivity index (χ0v) is 11.0. The highest BCUT2D eigenvalue weighted by atomic mass is 32.2. The van der Waals surface area contributed by atoms with Gasteiger partial charge in [-0.15, -0.1) is 0 Å². The molecule has 0 aliphatic rings. The van der Waals surface area contributed by atoms with Gasteiger partial charge in [-0.1, -0.05) is 25.2 Å². The summed E-state index contributed by atoms with van der Waals surface area (Å²) in [6.07, 6.45) is 0. The summed E-state index contributed by atoms with van der Waals surface area (Å²) in [5.74, 6) is 0. The molecule has 1 rings (SSSR count). The molecule has 1 aromatic rings. The van der Waals surface area contributed by atoms with Crippen LogP contribution >= 0.6 is 11.3 Å². The smallest absolute Gasteiger partial charge is 0.304 e. The maximum Gasteiger partial charge on any atom is 0.304 e. The molecule has 1 aromatic heterocycles. The lowest BCUT2D eigenvalue weighted by molar-refractivity contribution is -0.383. The highest BCUT2D eigenvalue weighted by Crippen LogP contribution is 2.35. The number of nitrogen functional groups attached to an aromatic ring is 1. The van der Waals surface area contributed by atoms with E-state index in [-0.39, 0.29) is 14.9 Å². The van der Waals surface area contributed by atoms with Crippen LogP contribution in [0.15, 0.2) is 10.3 Å². The Labute approximate surface area is 103 Å². The topological polar surface area (TPSA) is 107 Å². The highest BCUT2D eigenvalue weighted by molar-refractivity contribution is 7.91. The van der Waals surface area contributed by atoms with Gasteiger partial charge in [-0.25, -0.2) is 8.42 Å². The zero-order valence-electron chi connectivity index (χ0n) is 9.41. The van der Waals surface area contributed by atoms with Gasteiger partial charge in [0, 0.05) is 19.2 Å². The van der Waals surface area contributed by atoms with Gasteiger partial charge in [-0.05, 0) is 0 Å². The van der Waals surface area contributed by atoms with E-state index in [4.69, 9.17) is 5.73 Å². The zero-order chi connectivity index (χ0) is 13.2. The normalized spacial score (nSPS) is 11.9. The predicted octanol–water partition coefficient (Wildman–Crippen LogP) is 1.27. The average Bonchev–Trinajstić information content (AvgIpc) is 2.62. The summed E-state index contributed by atoms with van der Waals surface area (Å²) in [4.78, 5) is 9.91. The van der Waals surface area contributed by atoms with Crippen LogP contribution in [0.4, 0.5) is 10.7 Å². The summed E-state index contributed by atoms with van der Waals surface area (Å²) in [6, 6.07) is 1.01. The van der Waals surface area contributed by atoms with E-state index < -0.39 is 14.9 Å². The van der Waals surface area contributed by atoms with Gasteiger partial charge in [0.1, 0.15) is 4.21 Å². The second kappa shape index (κ2) is 4.98. The van der Waals surface area contributed by atoms with E-state index in [0.717, 1.165) is 6.07 Å². The molecule has 0 unspecified atom stereocenters. The number of nitro groups is 1. The van der Waals surface area contributed by atoms with E-state index in [1.807, 2.05) is 0 Å². The Kier molecular flexibility index (Phi) is 4.07. The van der Waals surface area contributed by atoms with Crippen LogP contribution in [0.1, 0.15) is 13.8 Å². The molecule has 2 N–H and O–H groups in total. The van der Waals surface area contributed by atoms with Crippen molar-refractivity contribution in [3.8, 4) is 0 Å². The van der Waals surface area contributed by atoms with Crippen LogP contribution < -0.4 is 5.73 Å². The fourth-order valence-electron chi connectivity index (χ4n) is 1.33. The van der Waals surface area contributed by atoms with Gasteiger partial charge in [0.2, 0.25) is 0 Å². The van der Waals surface area contributed by atoms with E-state index in [0.29, 0.717) is 24.4 Å². The van der Waals surface area contributed by atoms with Gasteiger partial charge in [0.25, 0.3) is 10.0 Å². The maximum atomic E-state index is 12.0. The predicted molar refractivity (Wildman–Crippen MR) is 65.5 cm³/mol. The molecule has 0 fully saturated rings. The van der Waals surface area contributed by atoms with Crippen LogP contribution in [0.25, 0.3) is 0 Å². The van der Waals surface area contributed by atoms with Crippen molar-refractivity contribution in [3.63, 3.8) is 0 Å². The first-order valence-electron chi connectivity index (χ1n) is 4.88. The van der Waals surface area contributed by atoms with Crippen molar-refractivity contribution in [2.24, 2.45) is 0 Å². The first kappa shape index (κ1) is 13.9. The summed E-state index contributed by atoms with van der Waals surface area (Å²) < 4.78 is 25.2. The standard InChI is InChI=1S/C8H13N3O4S2/c1-3-10(4-2)17(14,15)7-5-6(11(12)13)8(9)16-7/h5H,3-4,9H2,1-2H3. The van der Waals surface area contributed by atoms with Crippen molar-refractivity contribution in [2.45, 2.75) is 18.1 Å². The Hall–Kier alpha value is -1.19. The number of thiophene rings is 1. The largest absolute Gasteiger partial charge is 0.385 e. The lowest BCUT2D eigenvalue weighted by Crippen LogP contribution is -2.29. The lowest BCUT2D eigenvalue weighted by atomic mass is 10.5. The molecule has 9 heteroatoms. The third kappa shape index (κ3) is 2.56. The third-order valence-electron chi connectivity index (χ3n) is 2.21. The molecule has 0 saturated carbocycles. The molecule has 0 aliphatic carbocycles. The van der Waals surface area contributed by atoms with Crippen LogP contribution in [0.5, 0.6) is 0 Å². The van der Waals surface area contributed by atoms with E-state index in [1.165, 1.54) is 4.31 Å². The summed E-state index contributed by atoms with van der Waals surface area (Å²) in [6.45, 7) is 4.02. The molecule has 0 aromatic carbocycles. The van der Waals surface area contributed by atoms with Crippen LogP contribution in [0.2, 0.25) is 0 Å². The minimum absolute atomic E-state index is 0.0922. The first-order chi connectivity index (χ1) is 7.84. The average molecular weight is 279 g/mol. The Morgan fingerprint density at radius 3 is 2.35 bits per heavy atom. The maximum absolute atomic E-state index is 12.0. The molecule has 96 valence electrons. The Bertz CT molecular complexity index is 519. The van der Waals surface area contributed by atoms with Crippen molar-refractivity contribution in [1.82, 2.24) is 4.31 Å². The number of nitrogens with zero attached hydrogens (tertiary/aromatic N) is 2. The van der Waals surface area contributed by atoms with Gasteiger partial charge in [-0.3, -0.25) is 10.1 Å². The molecule has 0 spiro atoms. The molecule has 0 radical (unpaired) electrons. The Morgan fingerprint density at radius 1 is 1.47 bits per heavy atom. The van der Waals surface area contributed by atoms with Gasteiger partial charge in [0.15, 0.2) is 5.00 Å². The first-order valence-corrected chi connectivity index (χ1v) is 7.14. The fourth-order valence-corrected chi connectivity index (χ4v) is 4.16. The number of hydrogen-bond donors (Lipinski definition) is 1. The number of anilines is 1. The molecular weight excluding hydrogens is 266 g/mol. The van der Waals surface area contributed by atoms with Gasteiger partial charge in [0.05, 0.1) is 4.92 Å². The summed E-state index contributed by atoms with van der Waals surface area (Å²) in [7, 11) is -3.67. The van der Waals surface area contributed by atoms with Crippen molar-refractivity contribution in [2.75, 3.05) is 18.8 Å². The molecule has 0 saturated heterocycles. The number of sulfonamides is 1. The molecule has 17 heavy (non-hydrogen) atoms. The fraction of sp³-hybridized carbons (Fsp3) is 0.500. The quantitative estimate of drug-likeness (QED) is 0.645. The molecular formula is C8H13N3O4S2. The molecule has 0 atom stereocenters. The number of nitrogens with two attached hydrogens (primary N) is 1. The highest BCUT2D eigenvalue weighted by Gasteiger charge is 2.28. The van der Waals surface area contributed by atoms with Crippen LogP contribution in [-0.2, 0) is 10.0 Å². The molecule has 0 aliphatic heterocycles. The second-order valence-electron chi connectivity index (χ2n) is 3.16. The van der Waals surface area contributed by atoms with Crippen LogP contribution in [0, 0.1) is 10.1 Å². The number of hydrogen-bond acceptors (Lipinski definition) is 6. The van der Waals surface area contributed by atoms with Crippen LogP contribution in [-0.4, -0.2) is 30.7 Å². The minimum Gasteiger partial charge on any atom is -0.385 e. The van der Waals surface area contributed by atoms with Crippen molar-refractivity contribution in [3.05, 3.63) is 16.2 Å². The van der Waals surface area contributed by atoms with E-state index in [2.05, 4.69) is 0 Å². The molecule has 0 bridgehead atoms. The third-order valence-corrected chi connectivity index (χ3v) is 5.67. The van der Waals surface area contributed by atoms with Crippen molar-refractivity contribution in [1.29, 1.82) is 0 Å². The van der Waals surface area contributed by atoms with Gasteiger partial charge in [-0.2, -0.15) is 4.31 Å². The van der Waals surface area contributed by atoms with E-state index in [1.54, 1.807) is 13.8 Å². The lowest BCUT2D eigenvalue weighted by Gasteiger charge is -2.16. The van der Waals surface area contributed by atoms with E-state index >= 15 is 0 Å². The summed E-state index contributed by atoms with van der Waals surface area (Å²) >= 11 is 0.715. The van der Waals surface area contributed by atoms with Crippen LogP contribution in [0.3, 0.4) is 0 Å². The van der Waals surface area contributed by atoms with Gasteiger partial charge < -0.3 is 5.73 Å². The van der Waals surface area contributed by atoms with Gasteiger partial charge >= 0.3 is 5.69 Å². The molecule has 7 nitrogen and oxygen atoms in total. The SMILES string of the molecule is CCN(CC)S(=O)(=O)c1cc([N+](=O)[O-])c(N)s1. The van der Waals surface area contributed by atoms with Crippen molar-refractivity contribution < 1.29 is 13.3 Å². The monoisotopic (exact) mass is 279 g/mol. The summed E-state index contributed by atoms with van der Waals surface area (Å²) in [5.41, 5.74) is 5.06. The van der Waals surface area contributed by atoms with Crippen molar-refractivity contribution >= 4 is 32.0 Å². The minimum atomic E-state index is -3.67. The Morgan fingerprint density at radius 2 is 2.00 bits per heavy atom. The molecule has 1 heterocycles.